The molecule has 0 unspecified atom stereocenters. The monoisotopic (exact) mass is 253 g/mol. The smallest absolute Gasteiger partial charge is 0.165 e. The van der Waals surface area contributed by atoms with Crippen LogP contribution in [0.1, 0.15) is 24.8 Å². The average Bonchev–Trinajstić information content (AvgIpc) is 2.40. The molecule has 1 aliphatic heterocycles. The Hall–Kier alpha value is -1.13. The topological polar surface area (TPSA) is 44.5 Å². The maximum Gasteiger partial charge on any atom is 0.165 e. The van der Waals surface area contributed by atoms with Gasteiger partial charge in [0, 0.05) is 18.6 Å². The quantitative estimate of drug-likeness (QED) is 0.895. The molecule has 0 bridgehead atoms. The van der Waals surface area contributed by atoms with E-state index in [1.165, 1.54) is 7.11 Å². The van der Waals surface area contributed by atoms with Gasteiger partial charge in [-0.2, -0.15) is 0 Å². The Morgan fingerprint density at radius 1 is 1.39 bits per heavy atom. The van der Waals surface area contributed by atoms with Gasteiger partial charge in [-0.1, -0.05) is 6.07 Å². The first-order valence-corrected chi connectivity index (χ1v) is 6.34. The van der Waals surface area contributed by atoms with Gasteiger partial charge >= 0.3 is 0 Å². The summed E-state index contributed by atoms with van der Waals surface area (Å²) in [6, 6.07) is 5.22. The second-order valence-electron chi connectivity index (χ2n) is 4.78. The number of halogens is 1. The zero-order valence-corrected chi connectivity index (χ0v) is 10.7. The number of hydrogen-bond donors (Lipinski definition) is 1. The fourth-order valence-corrected chi connectivity index (χ4v) is 2.72. The number of benzene rings is 1. The molecule has 0 aromatic heterocycles. The molecule has 2 N–H and O–H groups in total. The van der Waals surface area contributed by atoms with Crippen LogP contribution in [0, 0.1) is 5.82 Å². The van der Waals surface area contributed by atoms with Crippen LogP contribution >= 0.6 is 0 Å². The zero-order chi connectivity index (χ0) is 13.0. The van der Waals surface area contributed by atoms with Crippen molar-refractivity contribution in [1.29, 1.82) is 0 Å². The number of nitrogens with two attached hydrogens (primary N) is 1. The fraction of sp³-hybridized carbons (Fsp3) is 0.571. The summed E-state index contributed by atoms with van der Waals surface area (Å²) in [6.45, 7) is 2.04. The summed E-state index contributed by atoms with van der Waals surface area (Å²) >= 11 is 0. The molecule has 1 aromatic rings. The molecule has 1 saturated heterocycles. The molecule has 4 heteroatoms. The molecule has 0 saturated carbocycles. The van der Waals surface area contributed by atoms with Crippen molar-refractivity contribution in [3.05, 3.63) is 29.6 Å². The molecule has 0 radical (unpaired) electrons. The Morgan fingerprint density at radius 3 is 2.67 bits per heavy atom. The van der Waals surface area contributed by atoms with Crippen molar-refractivity contribution in [2.45, 2.75) is 24.7 Å². The SMILES string of the molecule is COc1ccc(C2(CCN)CCOCC2)cc1F. The lowest BCUT2D eigenvalue weighted by atomic mass is 9.72. The van der Waals surface area contributed by atoms with E-state index in [-0.39, 0.29) is 17.0 Å². The van der Waals surface area contributed by atoms with Crippen LogP contribution in [-0.4, -0.2) is 26.9 Å². The second-order valence-corrected chi connectivity index (χ2v) is 4.78. The fourth-order valence-electron chi connectivity index (χ4n) is 2.72. The number of hydrogen-bond acceptors (Lipinski definition) is 3. The van der Waals surface area contributed by atoms with E-state index in [2.05, 4.69) is 0 Å². The van der Waals surface area contributed by atoms with Gasteiger partial charge in [-0.05, 0) is 43.5 Å². The number of ether oxygens (including phenoxy) is 2. The summed E-state index contributed by atoms with van der Waals surface area (Å²) < 4.78 is 24.2. The Labute approximate surface area is 107 Å². The molecule has 1 fully saturated rings. The molecule has 2 rings (SSSR count). The highest BCUT2D eigenvalue weighted by Gasteiger charge is 2.34. The van der Waals surface area contributed by atoms with Gasteiger partial charge in [-0.25, -0.2) is 4.39 Å². The third kappa shape index (κ3) is 2.49. The van der Waals surface area contributed by atoms with Crippen molar-refractivity contribution < 1.29 is 13.9 Å². The summed E-state index contributed by atoms with van der Waals surface area (Å²) in [6.07, 6.45) is 2.66. The maximum absolute atomic E-state index is 13.8. The van der Waals surface area contributed by atoms with Crippen LogP contribution in [-0.2, 0) is 10.2 Å². The number of methoxy groups -OCH3 is 1. The first-order chi connectivity index (χ1) is 8.72. The second kappa shape index (κ2) is 5.67. The zero-order valence-electron chi connectivity index (χ0n) is 10.7. The Bertz CT molecular complexity index is 397. The van der Waals surface area contributed by atoms with Crippen LogP contribution in [0.3, 0.4) is 0 Å². The van der Waals surface area contributed by atoms with Crippen LogP contribution in [0.15, 0.2) is 18.2 Å². The summed E-state index contributed by atoms with van der Waals surface area (Å²) in [4.78, 5) is 0. The number of rotatable bonds is 4. The molecule has 18 heavy (non-hydrogen) atoms. The van der Waals surface area contributed by atoms with Gasteiger partial charge in [-0.15, -0.1) is 0 Å². The van der Waals surface area contributed by atoms with Gasteiger partial charge in [0.15, 0.2) is 11.6 Å². The van der Waals surface area contributed by atoms with Crippen molar-refractivity contribution in [1.82, 2.24) is 0 Å². The minimum absolute atomic E-state index is 0.0416. The predicted molar refractivity (Wildman–Crippen MR) is 68.4 cm³/mol. The predicted octanol–water partition coefficient (Wildman–Crippen LogP) is 2.23. The summed E-state index contributed by atoms with van der Waals surface area (Å²) in [7, 11) is 1.47. The molecule has 1 heterocycles. The molecule has 1 aromatic carbocycles. The normalized spacial score (nSPS) is 18.6. The van der Waals surface area contributed by atoms with Crippen LogP contribution in [0.4, 0.5) is 4.39 Å². The first kappa shape index (κ1) is 13.3. The van der Waals surface area contributed by atoms with Crippen LogP contribution < -0.4 is 10.5 Å². The van der Waals surface area contributed by atoms with E-state index in [0.29, 0.717) is 19.8 Å². The van der Waals surface area contributed by atoms with Crippen LogP contribution in [0.2, 0.25) is 0 Å². The Kier molecular flexibility index (Phi) is 4.19. The molecule has 1 aliphatic rings. The standard InChI is InChI=1S/C14H20FNO2/c1-17-13-3-2-11(10-12(13)15)14(4-7-16)5-8-18-9-6-14/h2-3,10H,4-9,16H2,1H3. The molecule has 0 spiro atoms. The van der Waals surface area contributed by atoms with Crippen molar-refractivity contribution in [3.8, 4) is 5.75 Å². The summed E-state index contributed by atoms with van der Waals surface area (Å²) in [5.74, 6) is -0.0217. The minimum Gasteiger partial charge on any atom is -0.494 e. The van der Waals surface area contributed by atoms with E-state index in [1.54, 1.807) is 12.1 Å². The van der Waals surface area contributed by atoms with E-state index < -0.39 is 0 Å². The highest BCUT2D eigenvalue weighted by atomic mass is 19.1. The van der Waals surface area contributed by atoms with Gasteiger partial charge in [-0.3, -0.25) is 0 Å². The third-order valence-corrected chi connectivity index (χ3v) is 3.84. The summed E-state index contributed by atoms with van der Waals surface area (Å²) in [5.41, 5.74) is 6.68. The van der Waals surface area contributed by atoms with Gasteiger partial charge < -0.3 is 15.2 Å². The van der Waals surface area contributed by atoms with Crippen molar-refractivity contribution in [2.24, 2.45) is 5.73 Å². The summed E-state index contributed by atoms with van der Waals surface area (Å²) in [5, 5.41) is 0. The lowest BCUT2D eigenvalue weighted by molar-refractivity contribution is 0.0475. The Morgan fingerprint density at radius 2 is 2.11 bits per heavy atom. The van der Waals surface area contributed by atoms with Crippen LogP contribution in [0.25, 0.3) is 0 Å². The van der Waals surface area contributed by atoms with E-state index in [4.69, 9.17) is 15.2 Å². The molecule has 0 atom stereocenters. The van der Waals surface area contributed by atoms with E-state index in [1.807, 2.05) is 6.07 Å². The lowest BCUT2D eigenvalue weighted by Gasteiger charge is -2.37. The van der Waals surface area contributed by atoms with Crippen LogP contribution in [0.5, 0.6) is 5.75 Å². The van der Waals surface area contributed by atoms with Gasteiger partial charge in [0.1, 0.15) is 0 Å². The average molecular weight is 253 g/mol. The van der Waals surface area contributed by atoms with Crippen molar-refractivity contribution >= 4 is 0 Å². The Balaban J connectivity index is 2.33. The maximum atomic E-state index is 13.8. The molecular weight excluding hydrogens is 233 g/mol. The van der Waals surface area contributed by atoms with Gasteiger partial charge in [0.2, 0.25) is 0 Å². The highest BCUT2D eigenvalue weighted by Crippen LogP contribution is 2.38. The van der Waals surface area contributed by atoms with Crippen molar-refractivity contribution in [2.75, 3.05) is 26.9 Å². The van der Waals surface area contributed by atoms with Crippen molar-refractivity contribution in [3.63, 3.8) is 0 Å². The molecule has 0 aliphatic carbocycles. The van der Waals surface area contributed by atoms with E-state index >= 15 is 0 Å². The molecular formula is C14H20FNO2. The molecule has 3 nitrogen and oxygen atoms in total. The van der Waals surface area contributed by atoms with E-state index in [0.717, 1.165) is 24.8 Å². The molecule has 100 valence electrons. The minimum atomic E-state index is -0.308. The van der Waals surface area contributed by atoms with Gasteiger partial charge in [0.05, 0.1) is 7.11 Å². The third-order valence-electron chi connectivity index (χ3n) is 3.84. The lowest BCUT2D eigenvalue weighted by Crippen LogP contribution is -2.36. The van der Waals surface area contributed by atoms with Gasteiger partial charge in [0.25, 0.3) is 0 Å². The largest absolute Gasteiger partial charge is 0.494 e. The first-order valence-electron chi connectivity index (χ1n) is 6.34. The van der Waals surface area contributed by atoms with E-state index in [9.17, 15) is 4.39 Å². The molecule has 0 amide bonds. The highest BCUT2D eigenvalue weighted by molar-refractivity contribution is 5.34.